The van der Waals surface area contributed by atoms with E-state index >= 15 is 0 Å². The Balaban J connectivity index is 1.68. The van der Waals surface area contributed by atoms with E-state index in [4.69, 9.17) is 27.9 Å². The molecular formula is C18H15Cl2FN4O2. The molecule has 1 N–H and O–H groups in total. The van der Waals surface area contributed by atoms with Crippen molar-refractivity contribution in [3.8, 4) is 0 Å². The molecule has 1 saturated heterocycles. The smallest absolute Gasteiger partial charge is 0.258 e. The molecule has 1 amide bonds. The molecule has 6 nitrogen and oxygen atoms in total. The van der Waals surface area contributed by atoms with Crippen LogP contribution in [0.3, 0.4) is 0 Å². The molecule has 3 heterocycles. The van der Waals surface area contributed by atoms with Gasteiger partial charge < -0.3 is 10.1 Å². The van der Waals surface area contributed by atoms with Crippen LogP contribution in [0.5, 0.6) is 0 Å². The van der Waals surface area contributed by atoms with Gasteiger partial charge in [-0.1, -0.05) is 23.2 Å². The summed E-state index contributed by atoms with van der Waals surface area (Å²) in [7, 11) is 0. The van der Waals surface area contributed by atoms with E-state index in [1.807, 2.05) is 0 Å². The van der Waals surface area contributed by atoms with Crippen molar-refractivity contribution < 1.29 is 13.9 Å². The van der Waals surface area contributed by atoms with Crippen molar-refractivity contribution in [1.82, 2.24) is 14.8 Å². The molecule has 1 aliphatic rings. The topological polar surface area (TPSA) is 69.0 Å². The number of nitrogens with one attached hydrogen (secondary N) is 1. The van der Waals surface area contributed by atoms with Gasteiger partial charge in [0.15, 0.2) is 5.65 Å². The van der Waals surface area contributed by atoms with E-state index in [-0.39, 0.29) is 22.0 Å². The number of anilines is 1. The molecule has 1 aliphatic heterocycles. The van der Waals surface area contributed by atoms with Crippen LogP contribution < -0.4 is 5.32 Å². The monoisotopic (exact) mass is 408 g/mol. The predicted molar refractivity (Wildman–Crippen MR) is 101 cm³/mol. The number of fused-ring (bicyclic) bond motifs is 1. The van der Waals surface area contributed by atoms with Gasteiger partial charge in [-0.05, 0) is 37.1 Å². The van der Waals surface area contributed by atoms with Crippen LogP contribution in [0.25, 0.3) is 11.0 Å². The first kappa shape index (κ1) is 18.2. The highest BCUT2D eigenvalue weighted by Crippen LogP contribution is 2.32. The van der Waals surface area contributed by atoms with Crippen molar-refractivity contribution >= 4 is 45.8 Å². The highest BCUT2D eigenvalue weighted by molar-refractivity contribution is 6.38. The van der Waals surface area contributed by atoms with Crippen LogP contribution in [0.15, 0.2) is 30.5 Å². The first-order valence-electron chi connectivity index (χ1n) is 8.41. The number of rotatable bonds is 3. The number of benzene rings is 1. The second kappa shape index (κ2) is 7.42. The minimum absolute atomic E-state index is 0.0111. The van der Waals surface area contributed by atoms with Gasteiger partial charge in [-0.3, -0.25) is 4.79 Å². The van der Waals surface area contributed by atoms with Gasteiger partial charge in [-0.25, -0.2) is 9.67 Å². The van der Waals surface area contributed by atoms with Gasteiger partial charge in [0.05, 0.1) is 22.0 Å². The third-order valence-electron chi connectivity index (χ3n) is 4.50. The molecule has 2 aromatic heterocycles. The zero-order chi connectivity index (χ0) is 19.0. The summed E-state index contributed by atoms with van der Waals surface area (Å²) in [5, 5.41) is 7.25. The van der Waals surface area contributed by atoms with Crippen LogP contribution in [-0.2, 0) is 4.74 Å². The molecule has 0 aliphatic carbocycles. The Morgan fingerprint density at radius 1 is 1.22 bits per heavy atom. The van der Waals surface area contributed by atoms with Crippen molar-refractivity contribution in [3.05, 3.63) is 52.0 Å². The quantitative estimate of drug-likeness (QED) is 0.693. The lowest BCUT2D eigenvalue weighted by molar-refractivity contribution is 0.0668. The maximum atomic E-state index is 14.5. The number of aromatic nitrogens is 3. The second-order valence-electron chi connectivity index (χ2n) is 6.22. The Morgan fingerprint density at radius 2 is 1.93 bits per heavy atom. The summed E-state index contributed by atoms with van der Waals surface area (Å²) in [6.07, 6.45) is 2.77. The fourth-order valence-electron chi connectivity index (χ4n) is 3.10. The molecule has 0 atom stereocenters. The zero-order valence-corrected chi connectivity index (χ0v) is 15.6. The number of hydrogen-bond acceptors (Lipinski definition) is 4. The lowest BCUT2D eigenvalue weighted by Crippen LogP contribution is -2.21. The average molecular weight is 409 g/mol. The van der Waals surface area contributed by atoms with Crippen molar-refractivity contribution in [3.63, 3.8) is 0 Å². The Kier molecular flexibility index (Phi) is 4.99. The maximum Gasteiger partial charge on any atom is 0.258 e. The second-order valence-corrected chi connectivity index (χ2v) is 7.04. The minimum atomic E-state index is -0.741. The molecular weight excluding hydrogens is 394 g/mol. The summed E-state index contributed by atoms with van der Waals surface area (Å²) in [4.78, 5) is 16.8. The average Bonchev–Trinajstić information content (AvgIpc) is 3.02. The van der Waals surface area contributed by atoms with Crippen LogP contribution in [0, 0.1) is 5.95 Å². The van der Waals surface area contributed by atoms with E-state index < -0.39 is 11.9 Å². The van der Waals surface area contributed by atoms with Crippen LogP contribution in [0.4, 0.5) is 10.1 Å². The number of hydrogen-bond donors (Lipinski definition) is 1. The number of nitrogens with zero attached hydrogens (tertiary/aromatic N) is 3. The summed E-state index contributed by atoms with van der Waals surface area (Å²) in [6.45, 7) is 1.17. The zero-order valence-electron chi connectivity index (χ0n) is 14.1. The number of halogens is 3. The first-order chi connectivity index (χ1) is 13.0. The van der Waals surface area contributed by atoms with Crippen LogP contribution in [-0.4, -0.2) is 33.9 Å². The Bertz CT molecular complexity index is 1000. The summed E-state index contributed by atoms with van der Waals surface area (Å²) in [5.74, 6) is -1.23. The Morgan fingerprint density at radius 3 is 2.63 bits per heavy atom. The molecule has 0 bridgehead atoms. The van der Waals surface area contributed by atoms with Crippen molar-refractivity contribution in [2.75, 3.05) is 18.5 Å². The third-order valence-corrected chi connectivity index (χ3v) is 5.14. The molecule has 0 radical (unpaired) electrons. The third kappa shape index (κ3) is 3.50. The van der Waals surface area contributed by atoms with E-state index in [2.05, 4.69) is 15.4 Å². The molecule has 140 valence electrons. The van der Waals surface area contributed by atoms with Crippen LogP contribution >= 0.6 is 23.2 Å². The standard InChI is InChI=1S/C18H15Cl2FN4O2/c19-10-1-3-11(4-2-10)23-18(26)13-9-22-17-14(15(13)20)16(21)24-25(17)12-5-7-27-8-6-12/h1-4,9,12H,5-8H2,(H,23,26). The highest BCUT2D eigenvalue weighted by atomic mass is 35.5. The van der Waals surface area contributed by atoms with E-state index in [0.717, 1.165) is 0 Å². The predicted octanol–water partition coefficient (Wildman–Crippen LogP) is 4.48. The molecule has 0 spiro atoms. The number of carbonyl (C=O) groups is 1. The largest absolute Gasteiger partial charge is 0.381 e. The molecule has 3 aromatic rings. The van der Waals surface area contributed by atoms with Gasteiger partial charge in [0.25, 0.3) is 5.91 Å². The number of amides is 1. The molecule has 0 saturated carbocycles. The van der Waals surface area contributed by atoms with Crippen molar-refractivity contribution in [2.45, 2.75) is 18.9 Å². The molecule has 0 unspecified atom stereocenters. The van der Waals surface area contributed by atoms with Gasteiger partial charge in [0.1, 0.15) is 0 Å². The van der Waals surface area contributed by atoms with E-state index in [1.54, 1.807) is 28.9 Å². The number of ether oxygens (including phenoxy) is 1. The summed E-state index contributed by atoms with van der Waals surface area (Å²) >= 11 is 12.2. The minimum Gasteiger partial charge on any atom is -0.381 e. The highest BCUT2D eigenvalue weighted by Gasteiger charge is 2.25. The fraction of sp³-hybridized carbons (Fsp3) is 0.278. The fourth-order valence-corrected chi connectivity index (χ4v) is 3.53. The summed E-state index contributed by atoms with van der Waals surface area (Å²) in [6, 6.07) is 6.60. The molecule has 1 aromatic carbocycles. The molecule has 1 fully saturated rings. The lowest BCUT2D eigenvalue weighted by Gasteiger charge is -2.22. The Hall–Kier alpha value is -2.22. The summed E-state index contributed by atoms with van der Waals surface area (Å²) < 4.78 is 21.4. The van der Waals surface area contributed by atoms with Crippen molar-refractivity contribution in [2.24, 2.45) is 0 Å². The Labute approximate surface area is 164 Å². The van der Waals surface area contributed by atoms with Gasteiger partial charge in [-0.15, -0.1) is 5.10 Å². The van der Waals surface area contributed by atoms with Crippen LogP contribution in [0.2, 0.25) is 10.0 Å². The SMILES string of the molecule is O=C(Nc1ccc(Cl)cc1)c1cnc2c(c(F)nn2C2CCOCC2)c1Cl. The maximum absolute atomic E-state index is 14.5. The first-order valence-corrected chi connectivity index (χ1v) is 9.17. The number of pyridine rings is 1. The van der Waals surface area contributed by atoms with E-state index in [1.165, 1.54) is 6.20 Å². The number of carbonyl (C=O) groups excluding carboxylic acids is 1. The lowest BCUT2D eigenvalue weighted by atomic mass is 10.1. The van der Waals surface area contributed by atoms with Crippen LogP contribution in [0.1, 0.15) is 29.2 Å². The van der Waals surface area contributed by atoms with Gasteiger partial charge in [0, 0.05) is 30.1 Å². The summed E-state index contributed by atoms with van der Waals surface area (Å²) in [5.41, 5.74) is 0.941. The van der Waals surface area contributed by atoms with Gasteiger partial charge in [-0.2, -0.15) is 4.39 Å². The normalized spacial score (nSPS) is 15.2. The van der Waals surface area contributed by atoms with E-state index in [9.17, 15) is 9.18 Å². The van der Waals surface area contributed by atoms with Crippen molar-refractivity contribution in [1.29, 1.82) is 0 Å². The molecule has 4 rings (SSSR count). The van der Waals surface area contributed by atoms with E-state index in [0.29, 0.717) is 42.4 Å². The molecule has 27 heavy (non-hydrogen) atoms. The van der Waals surface area contributed by atoms with Gasteiger partial charge >= 0.3 is 0 Å². The molecule has 9 heteroatoms. The van der Waals surface area contributed by atoms with Gasteiger partial charge in [0.2, 0.25) is 5.95 Å².